The first kappa shape index (κ1) is 19.0. The molecule has 3 aromatic rings. The van der Waals surface area contributed by atoms with E-state index in [1.165, 1.54) is 0 Å². The van der Waals surface area contributed by atoms with E-state index in [4.69, 9.17) is 0 Å². The van der Waals surface area contributed by atoms with E-state index >= 15 is 0 Å². The van der Waals surface area contributed by atoms with E-state index in [9.17, 15) is 4.79 Å². The summed E-state index contributed by atoms with van der Waals surface area (Å²) in [6.07, 6.45) is 0. The van der Waals surface area contributed by atoms with Crippen molar-refractivity contribution in [2.45, 2.75) is 6.92 Å². The molecule has 2 aromatic carbocycles. The topological polar surface area (TPSA) is 64.6 Å². The first-order valence-corrected chi connectivity index (χ1v) is 9.82. The predicted octanol–water partition coefficient (Wildman–Crippen LogP) is 3.36. The summed E-state index contributed by atoms with van der Waals surface area (Å²) in [5, 5.41) is 5.31. The molecule has 0 aliphatic carbocycles. The standard InChI is InChI=1S/C22H26N6O/c1-16-23-20(26(2)3)15-21(24-16)27-10-12-28(13-11-27)22(29)25-19-9-8-17-6-4-5-7-18(17)14-19/h4-9,14-15H,10-13H2,1-3H3,(H,25,29). The van der Waals surface area contributed by atoms with Gasteiger partial charge >= 0.3 is 6.03 Å². The third-order valence-electron chi connectivity index (χ3n) is 5.16. The Labute approximate surface area is 171 Å². The molecule has 150 valence electrons. The van der Waals surface area contributed by atoms with Crippen LogP contribution in [0, 0.1) is 6.92 Å². The van der Waals surface area contributed by atoms with E-state index in [-0.39, 0.29) is 6.03 Å². The van der Waals surface area contributed by atoms with Crippen molar-refractivity contribution in [3.63, 3.8) is 0 Å². The first-order valence-electron chi connectivity index (χ1n) is 9.82. The molecule has 7 heteroatoms. The summed E-state index contributed by atoms with van der Waals surface area (Å²) in [4.78, 5) is 27.8. The number of anilines is 3. The van der Waals surface area contributed by atoms with Crippen LogP contribution in [0.25, 0.3) is 10.8 Å². The second-order valence-electron chi connectivity index (χ2n) is 7.49. The molecule has 1 saturated heterocycles. The van der Waals surface area contributed by atoms with Crippen molar-refractivity contribution in [1.82, 2.24) is 14.9 Å². The second kappa shape index (κ2) is 7.95. The molecule has 1 aliphatic heterocycles. The SMILES string of the molecule is Cc1nc(N(C)C)cc(N2CCN(C(=O)Nc3ccc4ccccc4c3)CC2)n1. The van der Waals surface area contributed by atoms with Crippen LogP contribution in [-0.2, 0) is 0 Å². The number of aryl methyl sites for hydroxylation is 1. The zero-order valence-corrected chi connectivity index (χ0v) is 17.1. The summed E-state index contributed by atoms with van der Waals surface area (Å²) in [5.41, 5.74) is 0.818. The normalized spacial score (nSPS) is 14.2. The number of aromatic nitrogens is 2. The Bertz CT molecular complexity index is 1030. The van der Waals surface area contributed by atoms with Crippen molar-refractivity contribution in [3.05, 3.63) is 54.4 Å². The van der Waals surface area contributed by atoms with Gasteiger partial charge < -0.3 is 20.0 Å². The minimum atomic E-state index is -0.0622. The summed E-state index contributed by atoms with van der Waals surface area (Å²) in [5.74, 6) is 2.56. The molecule has 4 rings (SSSR count). The Morgan fingerprint density at radius 3 is 2.41 bits per heavy atom. The number of rotatable bonds is 3. The molecule has 0 saturated carbocycles. The maximum absolute atomic E-state index is 12.7. The first-order chi connectivity index (χ1) is 14.0. The van der Waals surface area contributed by atoms with Crippen LogP contribution in [0.3, 0.4) is 0 Å². The van der Waals surface area contributed by atoms with Crippen LogP contribution < -0.4 is 15.1 Å². The van der Waals surface area contributed by atoms with Crippen molar-refractivity contribution in [2.75, 3.05) is 55.4 Å². The largest absolute Gasteiger partial charge is 0.363 e. The Morgan fingerprint density at radius 2 is 1.69 bits per heavy atom. The summed E-state index contributed by atoms with van der Waals surface area (Å²) in [6, 6.07) is 16.1. The molecule has 29 heavy (non-hydrogen) atoms. The van der Waals surface area contributed by atoms with Crippen molar-refractivity contribution in [1.29, 1.82) is 0 Å². The van der Waals surface area contributed by atoms with Gasteiger partial charge in [-0.3, -0.25) is 0 Å². The van der Waals surface area contributed by atoms with E-state index in [2.05, 4.69) is 32.3 Å². The van der Waals surface area contributed by atoms with Crippen LogP contribution in [0.15, 0.2) is 48.5 Å². The molecule has 0 unspecified atom stereocenters. The molecular formula is C22H26N6O. The van der Waals surface area contributed by atoms with Gasteiger partial charge in [-0.25, -0.2) is 14.8 Å². The van der Waals surface area contributed by atoms with Gasteiger partial charge in [0.2, 0.25) is 0 Å². The lowest BCUT2D eigenvalue weighted by Gasteiger charge is -2.35. The number of carbonyl (C=O) groups is 1. The number of hydrogen-bond donors (Lipinski definition) is 1. The van der Waals surface area contributed by atoms with Crippen LogP contribution in [0.5, 0.6) is 0 Å². The maximum Gasteiger partial charge on any atom is 0.321 e. The number of hydrogen-bond acceptors (Lipinski definition) is 5. The molecule has 2 amide bonds. The number of piperazine rings is 1. The van der Waals surface area contributed by atoms with Crippen LogP contribution in [0.1, 0.15) is 5.82 Å². The predicted molar refractivity (Wildman–Crippen MR) is 118 cm³/mol. The van der Waals surface area contributed by atoms with Gasteiger partial charge in [-0.05, 0) is 29.8 Å². The van der Waals surface area contributed by atoms with Gasteiger partial charge in [-0.2, -0.15) is 0 Å². The highest BCUT2D eigenvalue weighted by Gasteiger charge is 2.22. The third kappa shape index (κ3) is 4.23. The van der Waals surface area contributed by atoms with Gasteiger partial charge in [0.05, 0.1) is 0 Å². The third-order valence-corrected chi connectivity index (χ3v) is 5.16. The summed E-state index contributed by atoms with van der Waals surface area (Å²) >= 11 is 0. The van der Waals surface area contributed by atoms with Crippen LogP contribution >= 0.6 is 0 Å². The monoisotopic (exact) mass is 390 g/mol. The lowest BCUT2D eigenvalue weighted by molar-refractivity contribution is 0.208. The number of nitrogens with zero attached hydrogens (tertiary/aromatic N) is 5. The smallest absolute Gasteiger partial charge is 0.321 e. The fraction of sp³-hybridized carbons (Fsp3) is 0.318. The molecular weight excluding hydrogens is 364 g/mol. The molecule has 7 nitrogen and oxygen atoms in total. The van der Waals surface area contributed by atoms with Gasteiger partial charge in [0, 0.05) is 52.0 Å². The lowest BCUT2D eigenvalue weighted by Crippen LogP contribution is -2.50. The van der Waals surface area contributed by atoms with Gasteiger partial charge in [0.15, 0.2) is 0 Å². The van der Waals surface area contributed by atoms with E-state index in [1.807, 2.05) is 67.2 Å². The second-order valence-corrected chi connectivity index (χ2v) is 7.49. The lowest BCUT2D eigenvalue weighted by atomic mass is 10.1. The van der Waals surface area contributed by atoms with Gasteiger partial charge in [0.25, 0.3) is 0 Å². The molecule has 1 fully saturated rings. The number of carbonyl (C=O) groups excluding carboxylic acids is 1. The number of amides is 2. The van der Waals surface area contributed by atoms with Crippen molar-refractivity contribution in [2.24, 2.45) is 0 Å². The highest BCUT2D eigenvalue weighted by atomic mass is 16.2. The Kier molecular flexibility index (Phi) is 5.20. The molecule has 0 bridgehead atoms. The van der Waals surface area contributed by atoms with Crippen LogP contribution in [-0.4, -0.2) is 61.2 Å². The summed E-state index contributed by atoms with van der Waals surface area (Å²) < 4.78 is 0. The van der Waals surface area contributed by atoms with E-state index < -0.39 is 0 Å². The summed E-state index contributed by atoms with van der Waals surface area (Å²) in [6.45, 7) is 4.70. The molecule has 2 heterocycles. The van der Waals surface area contributed by atoms with Crippen molar-refractivity contribution >= 4 is 34.1 Å². The Morgan fingerprint density at radius 1 is 0.966 bits per heavy atom. The Balaban J connectivity index is 1.39. The molecule has 0 spiro atoms. The molecule has 0 atom stereocenters. The molecule has 1 N–H and O–H groups in total. The number of nitrogens with one attached hydrogen (secondary N) is 1. The summed E-state index contributed by atoms with van der Waals surface area (Å²) in [7, 11) is 3.95. The number of urea groups is 1. The van der Waals surface area contributed by atoms with E-state index in [0.717, 1.165) is 47.0 Å². The average molecular weight is 390 g/mol. The minimum Gasteiger partial charge on any atom is -0.363 e. The molecule has 1 aromatic heterocycles. The molecule has 1 aliphatic rings. The van der Waals surface area contributed by atoms with Gasteiger partial charge in [-0.1, -0.05) is 30.3 Å². The van der Waals surface area contributed by atoms with Crippen molar-refractivity contribution < 1.29 is 4.79 Å². The quantitative estimate of drug-likeness (QED) is 0.743. The highest BCUT2D eigenvalue weighted by molar-refractivity contribution is 5.93. The van der Waals surface area contributed by atoms with Gasteiger partial charge in [0.1, 0.15) is 17.5 Å². The van der Waals surface area contributed by atoms with Crippen molar-refractivity contribution in [3.8, 4) is 0 Å². The zero-order valence-electron chi connectivity index (χ0n) is 17.1. The van der Waals surface area contributed by atoms with E-state index in [1.54, 1.807) is 0 Å². The highest BCUT2D eigenvalue weighted by Crippen LogP contribution is 2.21. The maximum atomic E-state index is 12.7. The Hall–Kier alpha value is -3.35. The molecule has 0 radical (unpaired) electrons. The van der Waals surface area contributed by atoms with E-state index in [0.29, 0.717) is 13.1 Å². The zero-order chi connectivity index (χ0) is 20.4. The van der Waals surface area contributed by atoms with Crippen LogP contribution in [0.4, 0.5) is 22.1 Å². The number of fused-ring (bicyclic) bond motifs is 1. The fourth-order valence-corrected chi connectivity index (χ4v) is 3.54. The fourth-order valence-electron chi connectivity index (χ4n) is 3.54. The van der Waals surface area contributed by atoms with Gasteiger partial charge in [-0.15, -0.1) is 0 Å². The number of benzene rings is 2. The van der Waals surface area contributed by atoms with Crippen LogP contribution in [0.2, 0.25) is 0 Å². The minimum absolute atomic E-state index is 0.0622. The average Bonchev–Trinajstić information content (AvgIpc) is 2.73.